The second-order valence-corrected chi connectivity index (χ2v) is 6.38. The van der Waals surface area contributed by atoms with Crippen molar-refractivity contribution < 1.29 is 9.18 Å². The molecule has 3 aromatic rings. The van der Waals surface area contributed by atoms with Crippen LogP contribution in [0.15, 0.2) is 16.9 Å². The van der Waals surface area contributed by atoms with E-state index in [2.05, 4.69) is 36.3 Å². The Morgan fingerprint density at radius 3 is 3.15 bits per heavy atom. The number of pyridine rings is 1. The molecule has 2 atom stereocenters. The molecular weight excluding hydrogens is 349 g/mol. The summed E-state index contributed by atoms with van der Waals surface area (Å²) in [5.41, 5.74) is 1.38. The zero-order chi connectivity index (χ0) is 13.9. The lowest BCUT2D eigenvalue weighted by Crippen LogP contribution is -2.14. The van der Waals surface area contributed by atoms with Crippen molar-refractivity contribution in [2.24, 2.45) is 5.92 Å². The molecular formula is C11H7BrFN5OS. The SMILES string of the molecule is O=C(Nc1nc2cc(Br)c3ncnn3c2s1)[C@H]1C[C@H]1F. The highest BCUT2D eigenvalue weighted by molar-refractivity contribution is 9.10. The molecule has 6 nitrogen and oxygen atoms in total. The minimum absolute atomic E-state index is 0.301. The van der Waals surface area contributed by atoms with Gasteiger partial charge in [-0.25, -0.2) is 18.9 Å². The zero-order valence-corrected chi connectivity index (χ0v) is 12.3. The van der Waals surface area contributed by atoms with Crippen molar-refractivity contribution in [2.45, 2.75) is 12.6 Å². The van der Waals surface area contributed by atoms with E-state index in [0.717, 1.165) is 9.30 Å². The Balaban J connectivity index is 1.76. The van der Waals surface area contributed by atoms with Gasteiger partial charge in [-0.05, 0) is 28.4 Å². The molecule has 0 radical (unpaired) electrons. The lowest BCUT2D eigenvalue weighted by Gasteiger charge is -1.96. The number of hydrogen-bond donors (Lipinski definition) is 1. The maximum atomic E-state index is 12.8. The number of nitrogens with zero attached hydrogens (tertiary/aromatic N) is 4. The number of aromatic nitrogens is 4. The van der Waals surface area contributed by atoms with Crippen LogP contribution in [0, 0.1) is 5.92 Å². The molecule has 0 spiro atoms. The van der Waals surface area contributed by atoms with Gasteiger partial charge in [0.2, 0.25) is 5.91 Å². The van der Waals surface area contributed by atoms with Gasteiger partial charge in [0.15, 0.2) is 10.8 Å². The second kappa shape index (κ2) is 4.19. The van der Waals surface area contributed by atoms with Crippen molar-refractivity contribution in [1.29, 1.82) is 0 Å². The zero-order valence-electron chi connectivity index (χ0n) is 9.88. The molecule has 1 fully saturated rings. The second-order valence-electron chi connectivity index (χ2n) is 4.54. The van der Waals surface area contributed by atoms with E-state index in [-0.39, 0.29) is 5.91 Å². The Morgan fingerprint density at radius 1 is 1.60 bits per heavy atom. The topological polar surface area (TPSA) is 72.2 Å². The predicted octanol–water partition coefficient (Wildman–Crippen LogP) is 2.40. The number of nitrogens with one attached hydrogen (secondary N) is 1. The van der Waals surface area contributed by atoms with E-state index in [1.807, 2.05) is 6.07 Å². The van der Waals surface area contributed by atoms with E-state index >= 15 is 0 Å². The first-order valence-electron chi connectivity index (χ1n) is 5.87. The third-order valence-electron chi connectivity index (χ3n) is 3.13. The molecule has 20 heavy (non-hydrogen) atoms. The van der Waals surface area contributed by atoms with Crippen LogP contribution < -0.4 is 5.32 Å². The van der Waals surface area contributed by atoms with Gasteiger partial charge in [-0.2, -0.15) is 5.10 Å². The van der Waals surface area contributed by atoms with E-state index in [9.17, 15) is 9.18 Å². The van der Waals surface area contributed by atoms with E-state index in [1.165, 1.54) is 17.7 Å². The maximum absolute atomic E-state index is 12.8. The number of rotatable bonds is 2. The van der Waals surface area contributed by atoms with Gasteiger partial charge in [0.05, 0.1) is 10.4 Å². The number of halogens is 2. The van der Waals surface area contributed by atoms with E-state index in [0.29, 0.717) is 22.7 Å². The van der Waals surface area contributed by atoms with Gasteiger partial charge in [-0.1, -0.05) is 11.3 Å². The van der Waals surface area contributed by atoms with Crippen LogP contribution in [0.5, 0.6) is 0 Å². The van der Waals surface area contributed by atoms with Crippen molar-refractivity contribution >= 4 is 54.3 Å². The Hall–Kier alpha value is -1.61. The van der Waals surface area contributed by atoms with Crippen molar-refractivity contribution in [3.63, 3.8) is 0 Å². The molecule has 0 bridgehead atoms. The fourth-order valence-corrected chi connectivity index (χ4v) is 3.39. The van der Waals surface area contributed by atoms with Crippen molar-refractivity contribution in [3.05, 3.63) is 16.9 Å². The van der Waals surface area contributed by atoms with Crippen LogP contribution in [0.3, 0.4) is 0 Å². The lowest BCUT2D eigenvalue weighted by atomic mass is 10.4. The number of carbonyl (C=O) groups excluding carboxylic acids is 1. The third kappa shape index (κ3) is 1.80. The largest absolute Gasteiger partial charge is 0.302 e. The van der Waals surface area contributed by atoms with Crippen molar-refractivity contribution in [3.8, 4) is 0 Å². The van der Waals surface area contributed by atoms with E-state index in [4.69, 9.17) is 0 Å². The molecule has 1 aliphatic carbocycles. The number of anilines is 1. The van der Waals surface area contributed by atoms with Gasteiger partial charge in [-0.15, -0.1) is 0 Å². The minimum atomic E-state index is -1.01. The molecule has 0 unspecified atom stereocenters. The molecule has 9 heteroatoms. The van der Waals surface area contributed by atoms with Crippen molar-refractivity contribution in [1.82, 2.24) is 19.6 Å². The summed E-state index contributed by atoms with van der Waals surface area (Å²) in [4.78, 5) is 21.0. The summed E-state index contributed by atoms with van der Waals surface area (Å²) in [6.07, 6.45) is 0.742. The highest BCUT2D eigenvalue weighted by Crippen LogP contribution is 2.36. The van der Waals surface area contributed by atoms with Gasteiger partial charge in [0.25, 0.3) is 0 Å². The van der Waals surface area contributed by atoms with Crippen LogP contribution in [-0.2, 0) is 4.79 Å². The van der Waals surface area contributed by atoms with Gasteiger partial charge in [0, 0.05) is 0 Å². The number of thiazole rings is 1. The fourth-order valence-electron chi connectivity index (χ4n) is 1.99. The molecule has 0 saturated heterocycles. The Labute approximate surface area is 124 Å². The standard InChI is InChI=1S/C11H7BrFN5OS/c12-5-2-7-10(18-8(5)14-3-15-18)20-11(16-7)17-9(19)4-1-6(4)13/h2-4,6H,1H2,(H,16,17,19)/t4-,6+/m0/s1. The molecule has 1 amide bonds. The van der Waals surface area contributed by atoms with Gasteiger partial charge < -0.3 is 5.32 Å². The van der Waals surface area contributed by atoms with Crippen LogP contribution in [0.1, 0.15) is 6.42 Å². The van der Waals surface area contributed by atoms with Gasteiger partial charge >= 0.3 is 0 Å². The fraction of sp³-hybridized carbons (Fsp3) is 0.273. The minimum Gasteiger partial charge on any atom is -0.302 e. The van der Waals surface area contributed by atoms with Crippen LogP contribution in [0.25, 0.3) is 16.0 Å². The predicted molar refractivity (Wildman–Crippen MR) is 75.5 cm³/mol. The Morgan fingerprint density at radius 2 is 2.40 bits per heavy atom. The molecule has 1 aliphatic rings. The first-order chi connectivity index (χ1) is 9.63. The van der Waals surface area contributed by atoms with Gasteiger partial charge in [0.1, 0.15) is 22.8 Å². The summed E-state index contributed by atoms with van der Waals surface area (Å²) in [6.45, 7) is 0. The molecule has 4 rings (SSSR count). The maximum Gasteiger partial charge on any atom is 0.232 e. The Bertz CT molecular complexity index is 846. The van der Waals surface area contributed by atoms with Gasteiger partial charge in [-0.3, -0.25) is 4.79 Å². The van der Waals surface area contributed by atoms with Crippen LogP contribution >= 0.6 is 27.3 Å². The molecule has 102 valence electrons. The summed E-state index contributed by atoms with van der Waals surface area (Å²) in [7, 11) is 0. The summed E-state index contributed by atoms with van der Waals surface area (Å²) >= 11 is 4.69. The lowest BCUT2D eigenvalue weighted by molar-refractivity contribution is -0.117. The number of amides is 1. The number of fused-ring (bicyclic) bond motifs is 3. The molecule has 1 N–H and O–H groups in total. The number of hydrogen-bond acceptors (Lipinski definition) is 5. The first-order valence-corrected chi connectivity index (χ1v) is 7.48. The average molecular weight is 356 g/mol. The molecule has 0 aromatic carbocycles. The highest BCUT2D eigenvalue weighted by Gasteiger charge is 2.43. The molecule has 3 aromatic heterocycles. The summed E-state index contributed by atoms with van der Waals surface area (Å²) in [5, 5.41) is 7.23. The number of carbonyl (C=O) groups is 1. The molecule has 3 heterocycles. The quantitative estimate of drug-likeness (QED) is 0.765. The van der Waals surface area contributed by atoms with Crippen LogP contribution in [-0.4, -0.2) is 31.7 Å². The normalized spacial score (nSPS) is 21.5. The summed E-state index contributed by atoms with van der Waals surface area (Å²) < 4.78 is 15.3. The van der Waals surface area contributed by atoms with E-state index < -0.39 is 12.1 Å². The molecule has 1 saturated carbocycles. The number of alkyl halides is 1. The third-order valence-corrected chi connectivity index (χ3v) is 4.68. The van der Waals surface area contributed by atoms with Crippen molar-refractivity contribution in [2.75, 3.05) is 5.32 Å². The first kappa shape index (κ1) is 12.2. The average Bonchev–Trinajstić information content (AvgIpc) is 2.83. The smallest absolute Gasteiger partial charge is 0.232 e. The molecule has 0 aliphatic heterocycles. The highest BCUT2D eigenvalue weighted by atomic mass is 79.9. The monoisotopic (exact) mass is 355 g/mol. The summed E-state index contributed by atoms with van der Waals surface area (Å²) in [5.74, 6) is -0.842. The Kier molecular flexibility index (Phi) is 2.55. The van der Waals surface area contributed by atoms with E-state index in [1.54, 1.807) is 4.52 Å². The van der Waals surface area contributed by atoms with Crippen LogP contribution in [0.2, 0.25) is 0 Å². The summed E-state index contributed by atoms with van der Waals surface area (Å²) in [6, 6.07) is 1.82. The van der Waals surface area contributed by atoms with Crippen LogP contribution in [0.4, 0.5) is 9.52 Å².